The molecule has 2 aromatic carbocycles. The third-order valence-electron chi connectivity index (χ3n) is 6.26. The molecule has 204 valence electrons. The Labute approximate surface area is 230 Å². The van der Waals surface area contributed by atoms with Crippen LogP contribution in [0.15, 0.2) is 57.8 Å². The average Bonchev–Trinajstić information content (AvgIpc) is 2.94. The quantitative estimate of drug-likeness (QED) is 0.340. The van der Waals surface area contributed by atoms with Crippen LogP contribution in [0.1, 0.15) is 55.5 Å². The van der Waals surface area contributed by atoms with Crippen molar-refractivity contribution in [1.29, 1.82) is 0 Å². The normalized spacial score (nSPS) is 12.9. The van der Waals surface area contributed by atoms with Gasteiger partial charge in [-0.15, -0.1) is 0 Å². The minimum Gasteiger partial charge on any atom is -0.487 e. The fraction of sp³-hybridized carbons (Fsp3) is 0.379. The van der Waals surface area contributed by atoms with Gasteiger partial charge in [-0.3, -0.25) is 4.79 Å². The number of piperidine rings is 1. The van der Waals surface area contributed by atoms with Gasteiger partial charge in [0.15, 0.2) is 0 Å². The summed E-state index contributed by atoms with van der Waals surface area (Å²) in [6, 6.07) is 12.7. The van der Waals surface area contributed by atoms with Gasteiger partial charge in [0.1, 0.15) is 28.5 Å². The van der Waals surface area contributed by atoms with Crippen molar-refractivity contribution in [3.63, 3.8) is 0 Å². The maximum Gasteiger partial charge on any atom is 0.317 e. The lowest BCUT2D eigenvalue weighted by molar-refractivity contribution is 0.186. The highest BCUT2D eigenvalue weighted by atomic mass is 79.9. The summed E-state index contributed by atoms with van der Waals surface area (Å²) in [5.41, 5.74) is 2.50. The van der Waals surface area contributed by atoms with Gasteiger partial charge < -0.3 is 19.5 Å². The molecule has 38 heavy (non-hydrogen) atoms. The number of ether oxygens (including phenoxy) is 1. The number of nitrogens with zero attached hydrogens (tertiary/aromatic N) is 2. The Morgan fingerprint density at radius 2 is 1.66 bits per heavy atom. The summed E-state index contributed by atoms with van der Waals surface area (Å²) < 4.78 is 34.5. The molecule has 1 N–H and O–H groups in total. The van der Waals surface area contributed by atoms with Crippen molar-refractivity contribution >= 4 is 22.0 Å². The predicted molar refractivity (Wildman–Crippen MR) is 148 cm³/mol. The largest absolute Gasteiger partial charge is 0.487 e. The summed E-state index contributed by atoms with van der Waals surface area (Å²) in [5, 5.41) is 2.97. The van der Waals surface area contributed by atoms with Gasteiger partial charge in [-0.05, 0) is 65.4 Å². The smallest absolute Gasteiger partial charge is 0.317 e. The minimum absolute atomic E-state index is 0.0321. The molecule has 4 rings (SSSR count). The van der Waals surface area contributed by atoms with Gasteiger partial charge in [0.2, 0.25) is 0 Å². The number of hydrogen-bond acceptors (Lipinski definition) is 3. The molecule has 0 radical (unpaired) electrons. The van der Waals surface area contributed by atoms with E-state index in [1.807, 2.05) is 43.0 Å². The van der Waals surface area contributed by atoms with E-state index in [0.29, 0.717) is 18.8 Å². The van der Waals surface area contributed by atoms with Gasteiger partial charge in [0.05, 0.1) is 6.54 Å². The van der Waals surface area contributed by atoms with Crippen LogP contribution in [0.25, 0.3) is 0 Å². The first kappa shape index (κ1) is 29.4. The zero-order valence-electron chi connectivity index (χ0n) is 22.0. The molecule has 0 spiro atoms. The number of amides is 2. The zero-order chi connectivity index (χ0) is 27.7. The first-order chi connectivity index (χ1) is 18.3. The molecule has 0 aliphatic carbocycles. The molecule has 9 heteroatoms. The molecule has 6 nitrogen and oxygen atoms in total. The number of aromatic nitrogens is 1. The van der Waals surface area contributed by atoms with Crippen LogP contribution in [0.4, 0.5) is 13.6 Å². The van der Waals surface area contributed by atoms with Crippen LogP contribution in [0.2, 0.25) is 0 Å². The van der Waals surface area contributed by atoms with Gasteiger partial charge in [-0.1, -0.05) is 38.1 Å². The standard InChI is InChI=1S/C27H28BrF2N3O3.C2H6/c1-18-13-24(36-17-21-9-10-22(29)14-23(21)30)25(28)26(34)33(18)16-20-7-5-19(6-8-20)15-31-27(35)32-11-3-2-4-12-32;1-2/h5-10,13-14H,2-4,11-12,15-17H2,1H3,(H,31,35);1-2H3. The van der Waals surface area contributed by atoms with Crippen LogP contribution in [0.5, 0.6) is 5.75 Å². The maximum atomic E-state index is 13.9. The number of pyridine rings is 1. The molecule has 1 fully saturated rings. The number of benzene rings is 2. The molecular formula is C29H34BrF2N3O3. The van der Waals surface area contributed by atoms with E-state index < -0.39 is 11.6 Å². The SMILES string of the molecule is CC.Cc1cc(OCc2ccc(F)cc2F)c(Br)c(=O)n1Cc1ccc(CNC(=O)N2CCCCC2)cc1. The Balaban J connectivity index is 0.00000195. The summed E-state index contributed by atoms with van der Waals surface area (Å²) in [4.78, 5) is 27.1. The van der Waals surface area contributed by atoms with E-state index in [-0.39, 0.29) is 34.0 Å². The van der Waals surface area contributed by atoms with Gasteiger partial charge in [0, 0.05) is 43.0 Å². The summed E-state index contributed by atoms with van der Waals surface area (Å²) >= 11 is 3.30. The molecule has 1 aliphatic heterocycles. The number of carbonyl (C=O) groups excluding carboxylic acids is 1. The molecule has 1 saturated heterocycles. The minimum atomic E-state index is -0.703. The fourth-order valence-corrected chi connectivity index (χ4v) is 4.59. The lowest BCUT2D eigenvalue weighted by Crippen LogP contribution is -2.42. The van der Waals surface area contributed by atoms with Crippen LogP contribution >= 0.6 is 15.9 Å². The molecule has 0 saturated carbocycles. The molecule has 0 unspecified atom stereocenters. The van der Waals surface area contributed by atoms with E-state index in [4.69, 9.17) is 4.74 Å². The van der Waals surface area contributed by atoms with E-state index in [0.717, 1.165) is 49.2 Å². The van der Waals surface area contributed by atoms with Crippen LogP contribution < -0.4 is 15.6 Å². The molecule has 1 aromatic heterocycles. The van der Waals surface area contributed by atoms with Crippen molar-refractivity contribution in [1.82, 2.24) is 14.8 Å². The second kappa shape index (κ2) is 14.1. The number of hydrogen-bond donors (Lipinski definition) is 1. The number of rotatable bonds is 7. The first-order valence-electron chi connectivity index (χ1n) is 12.9. The predicted octanol–water partition coefficient (Wildman–Crippen LogP) is 6.55. The van der Waals surface area contributed by atoms with E-state index in [1.165, 1.54) is 12.5 Å². The summed E-state index contributed by atoms with van der Waals surface area (Å²) in [5.74, 6) is -1.07. The average molecular weight is 591 g/mol. The molecule has 0 atom stereocenters. The summed E-state index contributed by atoms with van der Waals surface area (Å²) in [6.45, 7) is 8.08. The van der Waals surface area contributed by atoms with Gasteiger partial charge in [0.25, 0.3) is 5.56 Å². The second-order valence-electron chi connectivity index (χ2n) is 8.90. The molecule has 2 heterocycles. The summed E-state index contributed by atoms with van der Waals surface area (Å²) in [6.07, 6.45) is 3.28. The van der Waals surface area contributed by atoms with Crippen LogP contribution in [-0.4, -0.2) is 28.6 Å². The number of nitrogens with one attached hydrogen (secondary N) is 1. The molecule has 0 bridgehead atoms. The van der Waals surface area contributed by atoms with Crippen LogP contribution in [0, 0.1) is 18.6 Å². The molecule has 1 aliphatic rings. The number of likely N-dealkylation sites (tertiary alicyclic amines) is 1. The van der Waals surface area contributed by atoms with Crippen molar-refractivity contribution in [2.75, 3.05) is 13.1 Å². The van der Waals surface area contributed by atoms with E-state index in [1.54, 1.807) is 17.6 Å². The van der Waals surface area contributed by atoms with Gasteiger partial charge >= 0.3 is 6.03 Å². The first-order valence-corrected chi connectivity index (χ1v) is 13.7. The lowest BCUT2D eigenvalue weighted by Gasteiger charge is -2.26. The third kappa shape index (κ3) is 7.66. The molecule has 3 aromatic rings. The third-order valence-corrected chi connectivity index (χ3v) is 6.99. The maximum absolute atomic E-state index is 13.9. The van der Waals surface area contributed by atoms with E-state index in [9.17, 15) is 18.4 Å². The molecular weight excluding hydrogens is 556 g/mol. The Bertz CT molecular complexity index is 1290. The van der Waals surface area contributed by atoms with Crippen molar-refractivity contribution in [2.45, 2.75) is 59.7 Å². The van der Waals surface area contributed by atoms with Crippen LogP contribution in [-0.2, 0) is 19.7 Å². The van der Waals surface area contributed by atoms with Crippen molar-refractivity contribution in [3.05, 3.63) is 97.4 Å². The van der Waals surface area contributed by atoms with Crippen molar-refractivity contribution < 1.29 is 18.3 Å². The Morgan fingerprint density at radius 1 is 1.00 bits per heavy atom. The highest BCUT2D eigenvalue weighted by Gasteiger charge is 2.16. The Hall–Kier alpha value is -3.20. The number of carbonyl (C=O) groups is 1. The lowest BCUT2D eigenvalue weighted by atomic mass is 10.1. The fourth-order valence-electron chi connectivity index (χ4n) is 4.14. The Kier molecular flexibility index (Phi) is 10.9. The monoisotopic (exact) mass is 589 g/mol. The summed E-state index contributed by atoms with van der Waals surface area (Å²) in [7, 11) is 0. The number of urea groups is 1. The van der Waals surface area contributed by atoms with Crippen molar-refractivity contribution in [3.8, 4) is 5.75 Å². The van der Waals surface area contributed by atoms with Gasteiger partial charge in [-0.25, -0.2) is 13.6 Å². The van der Waals surface area contributed by atoms with Gasteiger partial charge in [-0.2, -0.15) is 0 Å². The topological polar surface area (TPSA) is 63.6 Å². The zero-order valence-corrected chi connectivity index (χ0v) is 23.6. The second-order valence-corrected chi connectivity index (χ2v) is 9.70. The molecule has 2 amide bonds. The number of aryl methyl sites for hydroxylation is 1. The van der Waals surface area contributed by atoms with Crippen LogP contribution in [0.3, 0.4) is 0 Å². The van der Waals surface area contributed by atoms with E-state index in [2.05, 4.69) is 21.2 Å². The Morgan fingerprint density at radius 3 is 2.32 bits per heavy atom. The highest BCUT2D eigenvalue weighted by Crippen LogP contribution is 2.24. The van der Waals surface area contributed by atoms with E-state index >= 15 is 0 Å². The highest BCUT2D eigenvalue weighted by molar-refractivity contribution is 9.10. The number of halogens is 3. The van der Waals surface area contributed by atoms with Crippen molar-refractivity contribution in [2.24, 2.45) is 0 Å².